The normalized spacial score (nSPS) is 22.0. The molecule has 1 heterocycles. The van der Waals surface area contributed by atoms with Crippen LogP contribution in [-0.4, -0.2) is 69.5 Å². The summed E-state index contributed by atoms with van der Waals surface area (Å²) in [6.45, 7) is 7.78. The zero-order valence-corrected chi connectivity index (χ0v) is 13.1. The van der Waals surface area contributed by atoms with E-state index in [-0.39, 0.29) is 6.04 Å². The van der Waals surface area contributed by atoms with Crippen LogP contribution >= 0.6 is 0 Å². The molecule has 1 atom stereocenters. The third-order valence-corrected chi connectivity index (χ3v) is 5.46. The minimum atomic E-state index is -3.35. The van der Waals surface area contributed by atoms with Gasteiger partial charge in [-0.2, -0.15) is 17.0 Å². The van der Waals surface area contributed by atoms with E-state index >= 15 is 0 Å². The second kappa shape index (κ2) is 8.16. The molecule has 0 amide bonds. The van der Waals surface area contributed by atoms with Gasteiger partial charge in [-0.25, -0.2) is 0 Å². The van der Waals surface area contributed by atoms with Crippen LogP contribution in [0.4, 0.5) is 0 Å². The molecule has 1 saturated heterocycles. The molecule has 0 saturated carbocycles. The maximum Gasteiger partial charge on any atom is 0.282 e. The maximum atomic E-state index is 12.5. The van der Waals surface area contributed by atoms with Crippen molar-refractivity contribution in [1.29, 1.82) is 0 Å². The number of hydrogen-bond donors (Lipinski definition) is 1. The Morgan fingerprint density at radius 3 is 2.79 bits per heavy atom. The van der Waals surface area contributed by atoms with Crippen LogP contribution in [0.25, 0.3) is 0 Å². The van der Waals surface area contributed by atoms with E-state index in [4.69, 9.17) is 4.74 Å². The Bertz CT molecular complexity index is 348. The number of hydrogen-bond acceptors (Lipinski definition) is 4. The average molecular weight is 293 g/mol. The first-order valence-corrected chi connectivity index (χ1v) is 8.45. The molecule has 0 aromatic heterocycles. The van der Waals surface area contributed by atoms with Crippen molar-refractivity contribution in [2.75, 3.05) is 46.4 Å². The van der Waals surface area contributed by atoms with Crippen LogP contribution in [0, 0.1) is 0 Å². The first kappa shape index (κ1) is 16.8. The van der Waals surface area contributed by atoms with Gasteiger partial charge in [0.25, 0.3) is 10.2 Å². The van der Waals surface area contributed by atoms with Crippen molar-refractivity contribution in [2.45, 2.75) is 32.7 Å². The minimum absolute atomic E-state index is 0.0324. The van der Waals surface area contributed by atoms with Gasteiger partial charge >= 0.3 is 0 Å². The molecule has 0 bridgehead atoms. The summed E-state index contributed by atoms with van der Waals surface area (Å²) in [5, 5.41) is 3.20. The van der Waals surface area contributed by atoms with Gasteiger partial charge in [0.15, 0.2) is 0 Å². The topological polar surface area (TPSA) is 61.9 Å². The molecule has 6 nitrogen and oxygen atoms in total. The molecule has 1 rings (SSSR count). The Kier molecular flexibility index (Phi) is 7.23. The zero-order valence-electron chi connectivity index (χ0n) is 12.3. The van der Waals surface area contributed by atoms with E-state index in [1.54, 1.807) is 11.4 Å². The van der Waals surface area contributed by atoms with E-state index in [1.807, 2.05) is 13.8 Å². The fourth-order valence-corrected chi connectivity index (χ4v) is 3.77. The lowest BCUT2D eigenvalue weighted by Crippen LogP contribution is -2.53. The highest BCUT2D eigenvalue weighted by molar-refractivity contribution is 7.86. The summed E-state index contributed by atoms with van der Waals surface area (Å²) in [6.07, 6.45) is 1.61. The summed E-state index contributed by atoms with van der Waals surface area (Å²) < 4.78 is 33.4. The SMILES string of the molecule is CCNCCCN(C)S(=O)(=O)N1CCOCC1CC. The van der Waals surface area contributed by atoms with Gasteiger partial charge in [-0.05, 0) is 25.9 Å². The van der Waals surface area contributed by atoms with Gasteiger partial charge in [0.2, 0.25) is 0 Å². The lowest BCUT2D eigenvalue weighted by atomic mass is 10.2. The smallest absolute Gasteiger partial charge is 0.282 e. The van der Waals surface area contributed by atoms with Gasteiger partial charge < -0.3 is 10.1 Å². The van der Waals surface area contributed by atoms with E-state index < -0.39 is 10.2 Å². The molecular formula is C12H27N3O3S. The first-order chi connectivity index (χ1) is 9.04. The largest absolute Gasteiger partial charge is 0.378 e. The van der Waals surface area contributed by atoms with E-state index in [0.29, 0.717) is 26.3 Å². The molecule has 1 aliphatic rings. The number of nitrogens with one attached hydrogen (secondary N) is 1. The van der Waals surface area contributed by atoms with Crippen LogP contribution in [-0.2, 0) is 14.9 Å². The second-order valence-corrected chi connectivity index (χ2v) is 6.77. The highest BCUT2D eigenvalue weighted by Gasteiger charge is 2.34. The second-order valence-electron chi connectivity index (χ2n) is 4.78. The van der Waals surface area contributed by atoms with Crippen molar-refractivity contribution < 1.29 is 13.2 Å². The maximum absolute atomic E-state index is 12.5. The highest BCUT2D eigenvalue weighted by Crippen LogP contribution is 2.17. The van der Waals surface area contributed by atoms with Crippen LogP contribution in [0.5, 0.6) is 0 Å². The summed E-state index contributed by atoms with van der Waals surface area (Å²) in [5.41, 5.74) is 0. The predicted molar refractivity (Wildman–Crippen MR) is 76.3 cm³/mol. The van der Waals surface area contributed by atoms with Crippen molar-refractivity contribution >= 4 is 10.2 Å². The average Bonchev–Trinajstić information content (AvgIpc) is 2.43. The molecule has 0 spiro atoms. The Labute approximate surface area is 117 Å². The molecular weight excluding hydrogens is 266 g/mol. The molecule has 1 unspecified atom stereocenters. The molecule has 0 radical (unpaired) electrons. The summed E-state index contributed by atoms with van der Waals surface area (Å²) >= 11 is 0. The number of rotatable bonds is 8. The van der Waals surface area contributed by atoms with Crippen LogP contribution in [0.3, 0.4) is 0 Å². The highest BCUT2D eigenvalue weighted by atomic mass is 32.2. The van der Waals surface area contributed by atoms with E-state index in [0.717, 1.165) is 25.9 Å². The Balaban J connectivity index is 2.56. The van der Waals surface area contributed by atoms with Gasteiger partial charge in [-0.3, -0.25) is 0 Å². The molecule has 0 aromatic carbocycles. The molecule has 7 heteroatoms. The van der Waals surface area contributed by atoms with Crippen molar-refractivity contribution in [3.63, 3.8) is 0 Å². The number of ether oxygens (including phenoxy) is 1. The molecule has 114 valence electrons. The lowest BCUT2D eigenvalue weighted by molar-refractivity contribution is 0.0289. The lowest BCUT2D eigenvalue weighted by Gasteiger charge is -2.36. The Morgan fingerprint density at radius 2 is 2.16 bits per heavy atom. The Morgan fingerprint density at radius 1 is 1.42 bits per heavy atom. The third-order valence-electron chi connectivity index (χ3n) is 3.41. The third kappa shape index (κ3) is 4.68. The summed E-state index contributed by atoms with van der Waals surface area (Å²) in [5.74, 6) is 0. The molecule has 0 aliphatic carbocycles. The van der Waals surface area contributed by atoms with Gasteiger partial charge in [0.05, 0.1) is 13.2 Å². The molecule has 0 aromatic rings. The quantitative estimate of drug-likeness (QED) is 0.653. The van der Waals surface area contributed by atoms with Gasteiger partial charge in [0, 0.05) is 26.2 Å². The summed E-state index contributed by atoms with van der Waals surface area (Å²) in [4.78, 5) is 0. The van der Waals surface area contributed by atoms with Gasteiger partial charge in [-0.15, -0.1) is 0 Å². The molecule has 19 heavy (non-hydrogen) atoms. The van der Waals surface area contributed by atoms with Crippen LogP contribution in [0.1, 0.15) is 26.7 Å². The van der Waals surface area contributed by atoms with Crippen molar-refractivity contribution in [2.24, 2.45) is 0 Å². The number of morpholine rings is 1. The van der Waals surface area contributed by atoms with Gasteiger partial charge in [-0.1, -0.05) is 13.8 Å². The molecule has 1 fully saturated rings. The van der Waals surface area contributed by atoms with E-state index in [1.165, 1.54) is 4.31 Å². The summed E-state index contributed by atoms with van der Waals surface area (Å²) in [7, 11) is -1.70. The van der Waals surface area contributed by atoms with Crippen molar-refractivity contribution in [3.8, 4) is 0 Å². The molecule has 1 aliphatic heterocycles. The zero-order chi connectivity index (χ0) is 14.3. The van der Waals surface area contributed by atoms with E-state index in [2.05, 4.69) is 5.32 Å². The van der Waals surface area contributed by atoms with Crippen LogP contribution < -0.4 is 5.32 Å². The monoisotopic (exact) mass is 293 g/mol. The molecule has 1 N–H and O–H groups in total. The van der Waals surface area contributed by atoms with E-state index in [9.17, 15) is 8.42 Å². The number of nitrogens with zero attached hydrogens (tertiary/aromatic N) is 2. The fourth-order valence-electron chi connectivity index (χ4n) is 2.16. The Hall–Kier alpha value is -0.210. The van der Waals surface area contributed by atoms with Gasteiger partial charge in [0.1, 0.15) is 0 Å². The fraction of sp³-hybridized carbons (Fsp3) is 1.00. The summed E-state index contributed by atoms with van der Waals surface area (Å²) in [6, 6.07) is -0.0324. The predicted octanol–water partition coefficient (Wildman–Crippen LogP) is 0.273. The van der Waals surface area contributed by atoms with Crippen LogP contribution in [0.15, 0.2) is 0 Å². The van der Waals surface area contributed by atoms with Crippen molar-refractivity contribution in [1.82, 2.24) is 13.9 Å². The van der Waals surface area contributed by atoms with Crippen molar-refractivity contribution in [3.05, 3.63) is 0 Å². The van der Waals surface area contributed by atoms with Crippen LogP contribution in [0.2, 0.25) is 0 Å². The first-order valence-electron chi connectivity index (χ1n) is 7.05. The standard InChI is InChI=1S/C12H27N3O3S/c1-4-12-11-18-10-9-15(12)19(16,17)14(3)8-6-7-13-5-2/h12-13H,4-11H2,1-3H3. The minimum Gasteiger partial charge on any atom is -0.378 e.